The molecule has 8 heteroatoms. The van der Waals surface area contributed by atoms with Crippen LogP contribution in [-0.2, 0) is 20.3 Å². The van der Waals surface area contributed by atoms with Crippen LogP contribution in [-0.4, -0.2) is 28.4 Å². The number of carbonyl (C=O) groups is 2. The number of benzene rings is 2. The standard InChI is InChI=1S/C17H15F2NO4S/c1-10(16(21)20-14-9-11(18)7-8-13(14)19)24-17(22)12-5-3-4-6-15(12)25(2)23/h3-10H,1-2H3,(H,20,21)/t10-,25-/m1/s1. The molecule has 0 saturated heterocycles. The average Bonchev–Trinajstić information content (AvgIpc) is 2.57. The van der Waals surface area contributed by atoms with Gasteiger partial charge in [0.05, 0.1) is 26.9 Å². The van der Waals surface area contributed by atoms with Crippen LogP contribution >= 0.6 is 0 Å². The summed E-state index contributed by atoms with van der Waals surface area (Å²) in [5, 5.41) is 2.15. The molecule has 0 aliphatic carbocycles. The summed E-state index contributed by atoms with van der Waals surface area (Å²) in [6.45, 7) is 1.29. The number of hydrogen-bond acceptors (Lipinski definition) is 4. The monoisotopic (exact) mass is 367 g/mol. The summed E-state index contributed by atoms with van der Waals surface area (Å²) in [5.41, 5.74) is -0.289. The zero-order valence-corrected chi connectivity index (χ0v) is 14.2. The number of anilines is 1. The van der Waals surface area contributed by atoms with Gasteiger partial charge in [0.25, 0.3) is 5.91 Å². The van der Waals surface area contributed by atoms with E-state index >= 15 is 0 Å². The van der Waals surface area contributed by atoms with Crippen LogP contribution in [0.3, 0.4) is 0 Å². The van der Waals surface area contributed by atoms with Crippen molar-refractivity contribution in [3.63, 3.8) is 0 Å². The Morgan fingerprint density at radius 3 is 2.52 bits per heavy atom. The second-order valence-electron chi connectivity index (χ2n) is 5.11. The summed E-state index contributed by atoms with van der Waals surface area (Å²) < 4.78 is 43.3. The van der Waals surface area contributed by atoms with Gasteiger partial charge < -0.3 is 10.1 Å². The van der Waals surface area contributed by atoms with Gasteiger partial charge in [0.15, 0.2) is 6.10 Å². The lowest BCUT2D eigenvalue weighted by molar-refractivity contribution is -0.123. The lowest BCUT2D eigenvalue weighted by Gasteiger charge is -2.15. The lowest BCUT2D eigenvalue weighted by Crippen LogP contribution is -2.30. The van der Waals surface area contributed by atoms with E-state index in [1.54, 1.807) is 12.1 Å². The number of amides is 1. The van der Waals surface area contributed by atoms with Crippen molar-refractivity contribution in [3.8, 4) is 0 Å². The Balaban J connectivity index is 2.10. The van der Waals surface area contributed by atoms with Gasteiger partial charge in [0, 0.05) is 12.3 Å². The molecule has 2 aromatic rings. The van der Waals surface area contributed by atoms with Gasteiger partial charge in [0.2, 0.25) is 0 Å². The van der Waals surface area contributed by atoms with E-state index < -0.39 is 40.4 Å². The molecule has 0 aliphatic heterocycles. The van der Waals surface area contributed by atoms with Crippen molar-refractivity contribution in [1.82, 2.24) is 0 Å². The maximum Gasteiger partial charge on any atom is 0.340 e. The molecule has 132 valence electrons. The summed E-state index contributed by atoms with van der Waals surface area (Å²) >= 11 is 0. The minimum absolute atomic E-state index is 0.0694. The van der Waals surface area contributed by atoms with Crippen molar-refractivity contribution >= 4 is 28.4 Å². The topological polar surface area (TPSA) is 72.5 Å². The van der Waals surface area contributed by atoms with Gasteiger partial charge in [-0.15, -0.1) is 0 Å². The Morgan fingerprint density at radius 1 is 1.16 bits per heavy atom. The molecule has 1 N–H and O–H groups in total. The Bertz CT molecular complexity index is 841. The summed E-state index contributed by atoms with van der Waals surface area (Å²) in [6, 6.07) is 8.73. The predicted molar refractivity (Wildman–Crippen MR) is 88.6 cm³/mol. The highest BCUT2D eigenvalue weighted by Gasteiger charge is 2.22. The smallest absolute Gasteiger partial charge is 0.340 e. The van der Waals surface area contributed by atoms with Gasteiger partial charge in [-0.3, -0.25) is 9.00 Å². The third-order valence-corrected chi connectivity index (χ3v) is 4.23. The van der Waals surface area contributed by atoms with Crippen LogP contribution < -0.4 is 5.32 Å². The second kappa shape index (κ2) is 7.98. The van der Waals surface area contributed by atoms with Crippen LogP contribution in [0.15, 0.2) is 47.4 Å². The zero-order chi connectivity index (χ0) is 18.6. The fourth-order valence-corrected chi connectivity index (χ4v) is 2.72. The number of carbonyl (C=O) groups excluding carboxylic acids is 2. The first-order valence-electron chi connectivity index (χ1n) is 7.19. The molecule has 5 nitrogen and oxygen atoms in total. The van der Waals surface area contributed by atoms with E-state index in [4.69, 9.17) is 4.74 Å². The molecule has 0 radical (unpaired) electrons. The van der Waals surface area contributed by atoms with E-state index in [-0.39, 0.29) is 16.1 Å². The molecule has 0 bridgehead atoms. The Kier molecular flexibility index (Phi) is 5.97. The number of ether oxygens (including phenoxy) is 1. The third-order valence-electron chi connectivity index (χ3n) is 3.26. The quantitative estimate of drug-likeness (QED) is 0.825. The zero-order valence-electron chi connectivity index (χ0n) is 13.4. The molecule has 0 unspecified atom stereocenters. The fourth-order valence-electron chi connectivity index (χ4n) is 1.99. The van der Waals surface area contributed by atoms with E-state index in [0.29, 0.717) is 0 Å². The highest BCUT2D eigenvalue weighted by molar-refractivity contribution is 7.84. The molecule has 0 saturated carbocycles. The van der Waals surface area contributed by atoms with Gasteiger partial charge >= 0.3 is 5.97 Å². The van der Waals surface area contributed by atoms with E-state index in [9.17, 15) is 22.6 Å². The van der Waals surface area contributed by atoms with Crippen molar-refractivity contribution in [2.75, 3.05) is 11.6 Å². The second-order valence-corrected chi connectivity index (χ2v) is 6.46. The van der Waals surface area contributed by atoms with Crippen LogP contribution in [0.5, 0.6) is 0 Å². The fraction of sp³-hybridized carbons (Fsp3) is 0.176. The minimum atomic E-state index is -1.42. The van der Waals surface area contributed by atoms with Crippen LogP contribution in [0, 0.1) is 11.6 Å². The van der Waals surface area contributed by atoms with E-state index in [0.717, 1.165) is 18.2 Å². The molecule has 25 heavy (non-hydrogen) atoms. The van der Waals surface area contributed by atoms with Gasteiger partial charge in [-0.1, -0.05) is 12.1 Å². The first kappa shape index (κ1) is 18.7. The summed E-state index contributed by atoms with van der Waals surface area (Å²) in [5.74, 6) is -3.21. The van der Waals surface area contributed by atoms with Crippen molar-refractivity contribution in [3.05, 3.63) is 59.7 Å². The molecule has 2 rings (SSSR count). The molecule has 0 fully saturated rings. The van der Waals surface area contributed by atoms with E-state index in [1.165, 1.54) is 25.3 Å². The highest BCUT2D eigenvalue weighted by Crippen LogP contribution is 2.17. The van der Waals surface area contributed by atoms with Crippen LogP contribution in [0.25, 0.3) is 0 Å². The van der Waals surface area contributed by atoms with E-state index in [2.05, 4.69) is 5.32 Å². The van der Waals surface area contributed by atoms with Crippen molar-refractivity contribution in [2.45, 2.75) is 17.9 Å². The van der Waals surface area contributed by atoms with Crippen LogP contribution in [0.2, 0.25) is 0 Å². The number of nitrogens with one attached hydrogen (secondary N) is 1. The molecule has 0 heterocycles. The Morgan fingerprint density at radius 2 is 1.84 bits per heavy atom. The SMILES string of the molecule is C[C@@H](OC(=O)c1ccccc1[S@@](C)=O)C(=O)Nc1cc(F)ccc1F. The first-order valence-corrected chi connectivity index (χ1v) is 8.74. The van der Waals surface area contributed by atoms with Crippen LogP contribution in [0.1, 0.15) is 17.3 Å². The van der Waals surface area contributed by atoms with Gasteiger partial charge in [-0.25, -0.2) is 13.6 Å². The molecule has 0 spiro atoms. The molecular weight excluding hydrogens is 352 g/mol. The molecule has 0 aliphatic rings. The third kappa shape index (κ3) is 4.69. The van der Waals surface area contributed by atoms with Crippen molar-refractivity contribution < 1.29 is 27.3 Å². The number of esters is 1. The molecule has 2 atom stereocenters. The van der Waals surface area contributed by atoms with Crippen molar-refractivity contribution in [2.24, 2.45) is 0 Å². The lowest BCUT2D eigenvalue weighted by atomic mass is 10.2. The maximum atomic E-state index is 13.5. The molecule has 2 aromatic carbocycles. The van der Waals surface area contributed by atoms with Crippen molar-refractivity contribution in [1.29, 1.82) is 0 Å². The van der Waals surface area contributed by atoms with Gasteiger partial charge in [0.1, 0.15) is 11.6 Å². The summed E-state index contributed by atoms with van der Waals surface area (Å²) in [4.78, 5) is 24.5. The Hall–Kier alpha value is -2.61. The maximum absolute atomic E-state index is 13.5. The number of halogens is 2. The average molecular weight is 367 g/mol. The molecule has 1 amide bonds. The predicted octanol–water partition coefficient (Wildman–Crippen LogP) is 2.89. The summed E-state index contributed by atoms with van der Waals surface area (Å²) in [6.07, 6.45) is 0.142. The molecular formula is C17H15F2NO4S. The normalized spacial score (nSPS) is 13.0. The number of hydrogen-bond donors (Lipinski definition) is 1. The van der Waals surface area contributed by atoms with E-state index in [1.807, 2.05) is 0 Å². The minimum Gasteiger partial charge on any atom is -0.449 e. The van der Waals surface area contributed by atoms with Gasteiger partial charge in [-0.2, -0.15) is 0 Å². The summed E-state index contributed by atoms with van der Waals surface area (Å²) in [7, 11) is -1.42. The largest absolute Gasteiger partial charge is 0.449 e. The van der Waals surface area contributed by atoms with Gasteiger partial charge in [-0.05, 0) is 31.2 Å². The van der Waals surface area contributed by atoms with Crippen LogP contribution in [0.4, 0.5) is 14.5 Å². The highest BCUT2D eigenvalue weighted by atomic mass is 32.2. The first-order chi connectivity index (χ1) is 11.8. The Labute approximate surface area is 145 Å². The molecule has 0 aromatic heterocycles. The number of rotatable bonds is 5.